The molecular formula is C19H22N2O5. The molecule has 0 bridgehead atoms. The highest BCUT2D eigenvalue weighted by Crippen LogP contribution is 2.26. The summed E-state index contributed by atoms with van der Waals surface area (Å²) < 4.78 is 11.4. The third kappa shape index (κ3) is 4.19. The maximum absolute atomic E-state index is 11.2. The molecular weight excluding hydrogens is 336 g/mol. The zero-order chi connectivity index (χ0) is 18.4. The van der Waals surface area contributed by atoms with Crippen LogP contribution in [0.4, 0.5) is 0 Å². The Morgan fingerprint density at radius 1 is 1.35 bits per heavy atom. The molecule has 0 amide bonds. The maximum Gasteiger partial charge on any atom is 0.157 e. The van der Waals surface area contributed by atoms with Crippen LogP contribution >= 0.6 is 0 Å². The van der Waals surface area contributed by atoms with Gasteiger partial charge in [-0.1, -0.05) is 12.1 Å². The molecule has 1 fully saturated rings. The second kappa shape index (κ2) is 8.75. The number of phenolic OH excluding ortho intramolecular Hbond substituents is 1. The Bertz CT molecular complexity index is 752. The first kappa shape index (κ1) is 18.3. The predicted octanol–water partition coefficient (Wildman–Crippen LogP) is 1.37. The van der Waals surface area contributed by atoms with Crippen LogP contribution in [0.15, 0.2) is 36.5 Å². The van der Waals surface area contributed by atoms with Crippen LogP contribution in [0.5, 0.6) is 11.5 Å². The molecule has 7 nitrogen and oxygen atoms in total. The molecule has 0 unspecified atom stereocenters. The standard InChI is InChI=1S/C19H22N2O5/c22-10-16-18(24)4-1-5-19(16)26-13-15-12-25-8-7-21(15)9-14-3-2-6-20-17(14)11-23/h1-6,10,15,23-24H,7-9,11-13H2/t15-/m0/s1. The molecule has 1 saturated heterocycles. The zero-order valence-electron chi connectivity index (χ0n) is 14.4. The number of hydrogen-bond donors (Lipinski definition) is 2. The Labute approximate surface area is 151 Å². The molecule has 0 spiro atoms. The first-order chi connectivity index (χ1) is 12.7. The van der Waals surface area contributed by atoms with Crippen LogP contribution in [-0.4, -0.2) is 58.8 Å². The number of benzene rings is 1. The van der Waals surface area contributed by atoms with Crippen LogP contribution in [0.2, 0.25) is 0 Å². The number of carbonyl (C=O) groups excluding carboxylic acids is 1. The molecule has 0 aliphatic carbocycles. The van der Waals surface area contributed by atoms with E-state index in [9.17, 15) is 15.0 Å². The number of rotatable bonds is 7. The Morgan fingerprint density at radius 3 is 3.04 bits per heavy atom. The first-order valence-electron chi connectivity index (χ1n) is 8.48. The number of pyridine rings is 1. The number of hydrogen-bond acceptors (Lipinski definition) is 7. The van der Waals surface area contributed by atoms with E-state index < -0.39 is 0 Å². The minimum absolute atomic E-state index is 0.0163. The van der Waals surface area contributed by atoms with Gasteiger partial charge < -0.3 is 19.7 Å². The lowest BCUT2D eigenvalue weighted by molar-refractivity contribution is -0.0277. The van der Waals surface area contributed by atoms with Gasteiger partial charge in [-0.3, -0.25) is 14.7 Å². The van der Waals surface area contributed by atoms with Crippen LogP contribution < -0.4 is 4.74 Å². The molecule has 1 atom stereocenters. The van der Waals surface area contributed by atoms with Crippen molar-refractivity contribution in [1.29, 1.82) is 0 Å². The third-order valence-electron chi connectivity index (χ3n) is 4.45. The Morgan fingerprint density at radius 2 is 2.23 bits per heavy atom. The van der Waals surface area contributed by atoms with E-state index in [1.807, 2.05) is 12.1 Å². The average molecular weight is 358 g/mol. The molecule has 1 aliphatic heterocycles. The number of aldehydes is 1. The van der Waals surface area contributed by atoms with Crippen molar-refractivity contribution in [2.75, 3.05) is 26.4 Å². The van der Waals surface area contributed by atoms with Gasteiger partial charge in [0, 0.05) is 19.3 Å². The second-order valence-electron chi connectivity index (χ2n) is 6.08. The van der Waals surface area contributed by atoms with Crippen molar-refractivity contribution in [1.82, 2.24) is 9.88 Å². The largest absolute Gasteiger partial charge is 0.507 e. The first-order valence-corrected chi connectivity index (χ1v) is 8.48. The van der Waals surface area contributed by atoms with Crippen molar-refractivity contribution in [3.8, 4) is 11.5 Å². The van der Waals surface area contributed by atoms with Crippen molar-refractivity contribution in [2.45, 2.75) is 19.2 Å². The summed E-state index contributed by atoms with van der Waals surface area (Å²) in [6, 6.07) is 8.52. The lowest BCUT2D eigenvalue weighted by Crippen LogP contribution is -2.48. The Kier molecular flexibility index (Phi) is 6.17. The fourth-order valence-corrected chi connectivity index (χ4v) is 2.99. The lowest BCUT2D eigenvalue weighted by atomic mass is 10.1. The summed E-state index contributed by atoms with van der Waals surface area (Å²) in [6.07, 6.45) is 2.25. The summed E-state index contributed by atoms with van der Waals surface area (Å²) in [5.74, 6) is 0.250. The van der Waals surface area contributed by atoms with Crippen LogP contribution in [0.1, 0.15) is 21.6 Å². The van der Waals surface area contributed by atoms with Gasteiger partial charge in [-0.05, 0) is 23.8 Å². The van der Waals surface area contributed by atoms with Crippen molar-refractivity contribution in [2.24, 2.45) is 0 Å². The van der Waals surface area contributed by atoms with Gasteiger partial charge >= 0.3 is 0 Å². The van der Waals surface area contributed by atoms with Crippen molar-refractivity contribution in [3.63, 3.8) is 0 Å². The molecule has 2 heterocycles. The molecule has 0 radical (unpaired) electrons. The number of ether oxygens (including phenoxy) is 2. The van der Waals surface area contributed by atoms with E-state index in [2.05, 4.69) is 9.88 Å². The zero-order valence-corrected chi connectivity index (χ0v) is 14.4. The average Bonchev–Trinajstić information content (AvgIpc) is 2.68. The topological polar surface area (TPSA) is 92.1 Å². The summed E-state index contributed by atoms with van der Waals surface area (Å²) in [5.41, 5.74) is 1.77. The minimum Gasteiger partial charge on any atom is -0.507 e. The number of phenols is 1. The molecule has 0 saturated carbocycles. The van der Waals surface area contributed by atoms with Crippen LogP contribution in [0, 0.1) is 0 Å². The van der Waals surface area contributed by atoms with Gasteiger partial charge in [0.15, 0.2) is 6.29 Å². The highest BCUT2D eigenvalue weighted by atomic mass is 16.5. The predicted molar refractivity (Wildman–Crippen MR) is 94.2 cm³/mol. The van der Waals surface area contributed by atoms with Crippen LogP contribution in [-0.2, 0) is 17.9 Å². The third-order valence-corrected chi connectivity index (χ3v) is 4.45. The molecule has 2 aromatic rings. The van der Waals surface area contributed by atoms with Gasteiger partial charge in [-0.2, -0.15) is 0 Å². The Balaban J connectivity index is 1.70. The molecule has 1 aromatic carbocycles. The number of morpholine rings is 1. The summed E-state index contributed by atoms with van der Waals surface area (Å²) in [6.45, 7) is 2.70. The van der Waals surface area contributed by atoms with Gasteiger partial charge in [-0.25, -0.2) is 0 Å². The van der Waals surface area contributed by atoms with Crippen LogP contribution in [0.25, 0.3) is 0 Å². The lowest BCUT2D eigenvalue weighted by Gasteiger charge is -2.35. The van der Waals surface area contributed by atoms with Gasteiger partial charge in [0.25, 0.3) is 0 Å². The van der Waals surface area contributed by atoms with Gasteiger partial charge in [0.1, 0.15) is 18.1 Å². The number of nitrogens with zero attached hydrogens (tertiary/aromatic N) is 2. The fraction of sp³-hybridized carbons (Fsp3) is 0.368. The quantitative estimate of drug-likeness (QED) is 0.722. The second-order valence-corrected chi connectivity index (χ2v) is 6.08. The van der Waals surface area contributed by atoms with Gasteiger partial charge in [0.05, 0.1) is 37.1 Å². The number of aliphatic hydroxyl groups is 1. The normalized spacial score (nSPS) is 17.8. The summed E-state index contributed by atoms with van der Waals surface area (Å²) in [7, 11) is 0. The van der Waals surface area contributed by atoms with Crippen molar-refractivity contribution < 1.29 is 24.5 Å². The van der Waals surface area contributed by atoms with Crippen molar-refractivity contribution in [3.05, 3.63) is 53.3 Å². The highest BCUT2D eigenvalue weighted by molar-refractivity contribution is 5.83. The number of carbonyl (C=O) groups is 1. The van der Waals surface area contributed by atoms with E-state index in [1.165, 1.54) is 6.07 Å². The number of aromatic hydroxyl groups is 1. The number of aromatic nitrogens is 1. The SMILES string of the molecule is O=Cc1c(O)cccc1OC[C@@H]1COCCN1Cc1cccnc1CO. The molecule has 1 aromatic heterocycles. The maximum atomic E-state index is 11.2. The van der Waals surface area contributed by atoms with Crippen LogP contribution in [0.3, 0.4) is 0 Å². The summed E-state index contributed by atoms with van der Waals surface area (Å²) >= 11 is 0. The molecule has 1 aliphatic rings. The van der Waals surface area contributed by atoms with E-state index in [1.54, 1.807) is 18.3 Å². The Hall–Kier alpha value is -2.48. The molecule has 7 heteroatoms. The summed E-state index contributed by atoms with van der Waals surface area (Å²) in [5, 5.41) is 19.2. The van der Waals surface area contributed by atoms with E-state index in [0.717, 1.165) is 12.1 Å². The highest BCUT2D eigenvalue weighted by Gasteiger charge is 2.25. The molecule has 26 heavy (non-hydrogen) atoms. The van der Waals surface area contributed by atoms with E-state index in [-0.39, 0.29) is 24.0 Å². The molecule has 138 valence electrons. The minimum atomic E-state index is -0.104. The smallest absolute Gasteiger partial charge is 0.157 e. The van der Waals surface area contributed by atoms with Gasteiger partial charge in [-0.15, -0.1) is 0 Å². The van der Waals surface area contributed by atoms with Gasteiger partial charge in [0.2, 0.25) is 0 Å². The fourth-order valence-electron chi connectivity index (χ4n) is 2.99. The molecule has 2 N–H and O–H groups in total. The molecule has 3 rings (SSSR count). The summed E-state index contributed by atoms with van der Waals surface area (Å²) in [4.78, 5) is 17.6. The van der Waals surface area contributed by atoms with E-state index in [4.69, 9.17) is 9.47 Å². The number of aliphatic hydroxyl groups excluding tert-OH is 1. The van der Waals surface area contributed by atoms with Crippen molar-refractivity contribution >= 4 is 6.29 Å². The van der Waals surface area contributed by atoms with E-state index in [0.29, 0.717) is 44.1 Å². The van der Waals surface area contributed by atoms with E-state index >= 15 is 0 Å². The monoisotopic (exact) mass is 358 g/mol.